The van der Waals surface area contributed by atoms with Crippen molar-refractivity contribution >= 4 is 59.1 Å². The maximum atomic E-state index is 5.17. The summed E-state index contributed by atoms with van der Waals surface area (Å²) < 4.78 is 0. The monoisotopic (exact) mass is 730 g/mol. The van der Waals surface area contributed by atoms with Crippen LogP contribution in [-0.4, -0.2) is 31.8 Å². The van der Waals surface area contributed by atoms with Crippen LogP contribution in [0.15, 0.2) is 189 Å². The van der Waals surface area contributed by atoms with E-state index in [4.69, 9.17) is 9.98 Å². The average Bonchev–Trinajstić information content (AvgIpc) is 3.40. The number of hydrogen-bond donors (Lipinski definition) is 0. The van der Waals surface area contributed by atoms with Gasteiger partial charge in [-0.3, -0.25) is 9.98 Å². The van der Waals surface area contributed by atoms with Crippen molar-refractivity contribution in [3.63, 3.8) is 0 Å². The van der Waals surface area contributed by atoms with Crippen LogP contribution < -0.4 is 9.80 Å². The molecule has 6 nitrogen and oxygen atoms in total. The van der Waals surface area contributed by atoms with Crippen LogP contribution in [0.4, 0.5) is 28.4 Å². The summed E-state index contributed by atoms with van der Waals surface area (Å²) in [7, 11) is 0. The molecule has 0 radical (unpaired) electrons. The number of anilines is 4. The molecule has 0 saturated carbocycles. The molecule has 2 unspecified atom stereocenters. The molecule has 0 aromatic heterocycles. The number of hydrogen-bond acceptors (Lipinski definition) is 4. The van der Waals surface area contributed by atoms with Gasteiger partial charge in [0.15, 0.2) is 11.7 Å². The maximum Gasteiger partial charge on any atom is 0.161 e. The molecule has 1 heterocycles. The molecule has 1 aliphatic heterocycles. The van der Waals surface area contributed by atoms with Crippen LogP contribution in [-0.2, 0) is 6.54 Å². The van der Waals surface area contributed by atoms with Gasteiger partial charge in [-0.05, 0) is 91.2 Å². The molecule has 5 aromatic carbocycles. The number of benzene rings is 5. The predicted octanol–water partition coefficient (Wildman–Crippen LogP) is 12.5. The molecule has 2 atom stereocenters. The average molecular weight is 731 g/mol. The van der Waals surface area contributed by atoms with E-state index in [-0.39, 0.29) is 0 Å². The molecule has 8 rings (SSSR count). The Morgan fingerprint density at radius 2 is 1.30 bits per heavy atom. The summed E-state index contributed by atoms with van der Waals surface area (Å²) in [4.78, 5) is 23.9. The van der Waals surface area contributed by atoms with Crippen molar-refractivity contribution < 1.29 is 0 Å². The second-order valence-corrected chi connectivity index (χ2v) is 14.6. The third-order valence-corrected chi connectivity index (χ3v) is 10.7. The van der Waals surface area contributed by atoms with Crippen LogP contribution in [0.2, 0.25) is 0 Å². The number of rotatable bonds is 8. The summed E-state index contributed by atoms with van der Waals surface area (Å²) in [5, 5.41) is 0. The normalized spacial score (nSPS) is 18.2. The van der Waals surface area contributed by atoms with Gasteiger partial charge in [0.05, 0.1) is 29.3 Å². The quantitative estimate of drug-likeness (QED) is 0.118. The van der Waals surface area contributed by atoms with Crippen molar-refractivity contribution in [1.29, 1.82) is 0 Å². The van der Waals surface area contributed by atoms with Crippen molar-refractivity contribution in [2.45, 2.75) is 33.2 Å². The van der Waals surface area contributed by atoms with Gasteiger partial charge in [0, 0.05) is 28.0 Å². The zero-order valence-corrected chi connectivity index (χ0v) is 32.1. The van der Waals surface area contributed by atoms with E-state index in [9.17, 15) is 0 Å². The molecule has 2 aliphatic carbocycles. The molecule has 5 aromatic rings. The maximum absolute atomic E-state index is 5.17. The molecule has 0 bridgehead atoms. The summed E-state index contributed by atoms with van der Waals surface area (Å²) in [5.41, 5.74) is 12.9. The Hall–Kier alpha value is -6.66. The Bertz CT molecular complexity index is 2450. The lowest BCUT2D eigenvalue weighted by Crippen LogP contribution is -2.31. The van der Waals surface area contributed by atoms with E-state index in [0.717, 1.165) is 69.1 Å². The summed E-state index contributed by atoms with van der Waals surface area (Å²) in [6.45, 7) is 13.4. The van der Waals surface area contributed by atoms with Crippen LogP contribution in [0.5, 0.6) is 0 Å². The Morgan fingerprint density at radius 1 is 0.661 bits per heavy atom. The SMILES string of the molecule is C=NC(=NC(=NCc1ccc(N2CN(c3ccccc3N=C)c3ccccc3-c3ccccc32)cc1)C1=CCC(C)C=C1)C1=CCC(C)C=C1c1ccccc1. The largest absolute Gasteiger partial charge is 0.322 e. The van der Waals surface area contributed by atoms with Crippen molar-refractivity contribution in [2.75, 3.05) is 16.5 Å². The van der Waals surface area contributed by atoms with Gasteiger partial charge in [-0.15, -0.1) is 0 Å². The van der Waals surface area contributed by atoms with E-state index in [0.29, 0.717) is 36.7 Å². The van der Waals surface area contributed by atoms with Crippen LogP contribution in [0.3, 0.4) is 0 Å². The van der Waals surface area contributed by atoms with E-state index in [1.807, 2.05) is 18.2 Å². The first kappa shape index (κ1) is 36.3. The Labute approximate surface area is 330 Å². The first-order valence-corrected chi connectivity index (χ1v) is 19.4. The number of fused-ring (bicyclic) bond motifs is 3. The standard InChI is InChI=1S/C50H46N6/c1-35-22-27-39(28-23-35)49(54-50(52-4)43-31-24-36(2)32-44(43)38-14-6-5-7-15-38)53-33-37-25-29-40(30-26-37)55-34-56(48-21-13-10-18-45(48)51-3)47-20-12-9-17-42(47)41-16-8-11-19-46(41)55/h5-22,25-32,35-36H,3-4,23-24,33-34H2,1-2H3. The highest BCUT2D eigenvalue weighted by atomic mass is 15.3. The van der Waals surface area contributed by atoms with Crippen molar-refractivity contribution in [3.8, 4) is 11.1 Å². The molecule has 0 N–H and O–H groups in total. The minimum absolute atomic E-state index is 0.419. The number of nitrogens with zero attached hydrogens (tertiary/aromatic N) is 6. The highest BCUT2D eigenvalue weighted by Crippen LogP contribution is 2.47. The molecule has 0 saturated heterocycles. The lowest BCUT2D eigenvalue weighted by atomic mass is 9.87. The highest BCUT2D eigenvalue weighted by molar-refractivity contribution is 6.19. The smallest absolute Gasteiger partial charge is 0.161 e. The van der Waals surface area contributed by atoms with Gasteiger partial charge >= 0.3 is 0 Å². The number of allylic oxidation sites excluding steroid dienone is 4. The van der Waals surface area contributed by atoms with Gasteiger partial charge in [-0.2, -0.15) is 0 Å². The first-order valence-electron chi connectivity index (χ1n) is 19.4. The van der Waals surface area contributed by atoms with Crippen LogP contribution in [0.25, 0.3) is 16.7 Å². The molecule has 3 aliphatic rings. The molecular formula is C50H46N6. The second-order valence-electron chi connectivity index (χ2n) is 14.6. The second kappa shape index (κ2) is 16.4. The van der Waals surface area contributed by atoms with Crippen LogP contribution in [0, 0.1) is 11.8 Å². The molecule has 0 amide bonds. The lowest BCUT2D eigenvalue weighted by molar-refractivity contribution is 0.734. The number of aliphatic imine (C=N–C) groups is 4. The summed E-state index contributed by atoms with van der Waals surface area (Å²) in [5.74, 6) is 2.14. The molecular weight excluding hydrogens is 685 g/mol. The van der Waals surface area contributed by atoms with Gasteiger partial charge in [0.2, 0.25) is 0 Å². The third kappa shape index (κ3) is 7.51. The van der Waals surface area contributed by atoms with Crippen molar-refractivity contribution in [2.24, 2.45) is 31.8 Å². The van der Waals surface area contributed by atoms with E-state index in [1.165, 1.54) is 11.1 Å². The van der Waals surface area contributed by atoms with Crippen LogP contribution in [0.1, 0.15) is 37.8 Å². The zero-order chi connectivity index (χ0) is 38.4. The lowest BCUT2D eigenvalue weighted by Gasteiger charge is -2.32. The molecule has 6 heteroatoms. The van der Waals surface area contributed by atoms with Gasteiger partial charge in [0.1, 0.15) is 6.67 Å². The van der Waals surface area contributed by atoms with E-state index in [1.54, 1.807) is 0 Å². The zero-order valence-electron chi connectivity index (χ0n) is 32.1. The number of para-hydroxylation sites is 4. The minimum Gasteiger partial charge on any atom is -0.322 e. The summed E-state index contributed by atoms with van der Waals surface area (Å²) in [6.07, 6.45) is 13.0. The summed E-state index contributed by atoms with van der Waals surface area (Å²) in [6, 6.07) is 44.6. The fourth-order valence-electron chi connectivity index (χ4n) is 7.67. The molecule has 0 spiro atoms. The fraction of sp³-hybridized carbons (Fsp3) is 0.160. The van der Waals surface area contributed by atoms with Crippen molar-refractivity contribution in [3.05, 3.63) is 180 Å². The Kier molecular flexibility index (Phi) is 10.6. The Morgan fingerprint density at radius 3 is 1.98 bits per heavy atom. The van der Waals surface area contributed by atoms with Crippen molar-refractivity contribution in [1.82, 2.24) is 0 Å². The fourth-order valence-corrected chi connectivity index (χ4v) is 7.67. The first-order chi connectivity index (χ1) is 27.5. The third-order valence-electron chi connectivity index (χ3n) is 10.7. The summed E-state index contributed by atoms with van der Waals surface area (Å²) >= 11 is 0. The van der Waals surface area contributed by atoms with E-state index in [2.05, 4.69) is 187 Å². The minimum atomic E-state index is 0.419. The molecule has 276 valence electrons. The number of amidine groups is 2. The van der Waals surface area contributed by atoms with E-state index >= 15 is 0 Å². The predicted molar refractivity (Wildman–Crippen MR) is 239 cm³/mol. The van der Waals surface area contributed by atoms with E-state index < -0.39 is 0 Å². The van der Waals surface area contributed by atoms with Gasteiger partial charge < -0.3 is 9.80 Å². The topological polar surface area (TPSA) is 55.9 Å². The highest BCUT2D eigenvalue weighted by Gasteiger charge is 2.27. The van der Waals surface area contributed by atoms with Crippen LogP contribution >= 0.6 is 0 Å². The molecule has 56 heavy (non-hydrogen) atoms. The molecule has 0 fully saturated rings. The van der Waals surface area contributed by atoms with Gasteiger partial charge in [-0.25, -0.2) is 9.98 Å². The Balaban J connectivity index is 1.13. The van der Waals surface area contributed by atoms with Gasteiger partial charge in [0.25, 0.3) is 0 Å². The van der Waals surface area contributed by atoms with Gasteiger partial charge in [-0.1, -0.05) is 135 Å².